The van der Waals surface area contributed by atoms with E-state index in [0.29, 0.717) is 41.5 Å². The number of piperazine rings is 1. The molecular formula is C32H36Cl2N4O2. The molecule has 0 aromatic heterocycles. The van der Waals surface area contributed by atoms with E-state index in [2.05, 4.69) is 19.2 Å². The van der Waals surface area contributed by atoms with Gasteiger partial charge in [-0.15, -0.1) is 0 Å². The first-order valence-electron chi connectivity index (χ1n) is 14.1. The van der Waals surface area contributed by atoms with Gasteiger partial charge in [-0.2, -0.15) is 0 Å². The van der Waals surface area contributed by atoms with Crippen LogP contribution in [0.3, 0.4) is 0 Å². The molecule has 1 unspecified atom stereocenters. The number of carbonyl (C=O) groups excluding carboxylic acids is 1. The van der Waals surface area contributed by atoms with Gasteiger partial charge in [0.1, 0.15) is 17.6 Å². The van der Waals surface area contributed by atoms with Crippen molar-refractivity contribution in [2.24, 2.45) is 10.9 Å². The lowest BCUT2D eigenvalue weighted by Crippen LogP contribution is -2.53. The van der Waals surface area contributed by atoms with Crippen LogP contribution in [0.2, 0.25) is 10.0 Å². The third kappa shape index (κ3) is 6.30. The van der Waals surface area contributed by atoms with Crippen molar-refractivity contribution in [1.82, 2.24) is 15.1 Å². The van der Waals surface area contributed by atoms with E-state index < -0.39 is 0 Å². The number of hydrogen-bond donors (Lipinski definition) is 1. The molecule has 0 saturated carbocycles. The van der Waals surface area contributed by atoms with E-state index in [1.165, 1.54) is 0 Å². The first-order chi connectivity index (χ1) is 19.5. The number of rotatable bonds is 8. The standard InChI is InChI=1S/C32H36Cl2N4O2/c1-3-6-22(2)21-40-28-8-5-4-7-27(28)31-36-29(23-9-13-25(33)14-10-23)30(24-11-15-26(34)16-12-24)38(31)32(39)37-19-17-35-18-20-37/h4-5,7-16,22,29-30,35H,3,6,17-21H2,1-2H3/t22?,29-,30+/m1/s1. The van der Waals surface area contributed by atoms with Crippen LogP contribution in [-0.4, -0.2) is 54.5 Å². The molecule has 0 aliphatic carbocycles. The van der Waals surface area contributed by atoms with Crippen molar-refractivity contribution in [2.45, 2.75) is 38.8 Å². The minimum Gasteiger partial charge on any atom is -0.493 e. The fourth-order valence-electron chi connectivity index (χ4n) is 5.45. The topological polar surface area (TPSA) is 57.2 Å². The van der Waals surface area contributed by atoms with Gasteiger partial charge in [0, 0.05) is 36.2 Å². The van der Waals surface area contributed by atoms with E-state index in [0.717, 1.165) is 48.4 Å². The molecular weight excluding hydrogens is 543 g/mol. The Kier molecular flexibility index (Phi) is 9.30. The first-order valence-corrected chi connectivity index (χ1v) is 14.8. The number of para-hydroxylation sites is 1. The molecule has 8 heteroatoms. The third-order valence-corrected chi connectivity index (χ3v) is 8.02. The van der Waals surface area contributed by atoms with Gasteiger partial charge in [0.2, 0.25) is 0 Å². The summed E-state index contributed by atoms with van der Waals surface area (Å²) in [6.45, 7) is 7.77. The van der Waals surface area contributed by atoms with Gasteiger partial charge in [0.05, 0.1) is 18.2 Å². The summed E-state index contributed by atoms with van der Waals surface area (Å²) in [5.74, 6) is 1.77. The minimum atomic E-state index is -0.372. The van der Waals surface area contributed by atoms with Crippen LogP contribution < -0.4 is 10.1 Å². The summed E-state index contributed by atoms with van der Waals surface area (Å²) in [5.41, 5.74) is 2.75. The summed E-state index contributed by atoms with van der Waals surface area (Å²) in [5, 5.41) is 4.65. The van der Waals surface area contributed by atoms with Crippen LogP contribution in [0.4, 0.5) is 4.79 Å². The van der Waals surface area contributed by atoms with Crippen LogP contribution in [0.15, 0.2) is 77.8 Å². The van der Waals surface area contributed by atoms with Crippen molar-refractivity contribution in [1.29, 1.82) is 0 Å². The molecule has 5 rings (SSSR count). The quantitative estimate of drug-likeness (QED) is 0.303. The van der Waals surface area contributed by atoms with E-state index in [1.807, 2.05) is 82.6 Å². The molecule has 2 heterocycles. The number of halogens is 2. The predicted octanol–water partition coefficient (Wildman–Crippen LogP) is 7.38. The second kappa shape index (κ2) is 13.1. The molecule has 3 aromatic rings. The first kappa shape index (κ1) is 28.5. The zero-order valence-electron chi connectivity index (χ0n) is 23.0. The van der Waals surface area contributed by atoms with E-state index >= 15 is 0 Å². The summed E-state index contributed by atoms with van der Waals surface area (Å²) in [6.07, 6.45) is 2.20. The second-order valence-corrected chi connectivity index (χ2v) is 11.4. The van der Waals surface area contributed by atoms with Gasteiger partial charge in [-0.3, -0.25) is 9.89 Å². The van der Waals surface area contributed by atoms with Crippen LogP contribution in [0, 0.1) is 5.92 Å². The minimum absolute atomic E-state index is 0.0641. The molecule has 3 aromatic carbocycles. The van der Waals surface area contributed by atoms with E-state index in [-0.39, 0.29) is 18.1 Å². The van der Waals surface area contributed by atoms with Gasteiger partial charge in [-0.1, -0.05) is 79.9 Å². The Bertz CT molecular complexity index is 1320. The van der Waals surface area contributed by atoms with Crippen molar-refractivity contribution in [3.8, 4) is 5.75 Å². The molecule has 0 bridgehead atoms. The van der Waals surface area contributed by atoms with Crippen LogP contribution in [0.5, 0.6) is 5.75 Å². The number of urea groups is 1. The molecule has 2 aliphatic rings. The fraction of sp³-hybridized carbons (Fsp3) is 0.375. The van der Waals surface area contributed by atoms with Crippen molar-refractivity contribution >= 4 is 35.1 Å². The number of benzene rings is 3. The molecule has 0 spiro atoms. The summed E-state index contributed by atoms with van der Waals surface area (Å²) in [6, 6.07) is 22.6. The average molecular weight is 580 g/mol. The normalized spacial score (nSPS) is 19.9. The Morgan fingerprint density at radius 2 is 1.60 bits per heavy atom. The summed E-state index contributed by atoms with van der Waals surface area (Å²) in [7, 11) is 0. The Hall–Kier alpha value is -3.06. The molecule has 40 heavy (non-hydrogen) atoms. The fourth-order valence-corrected chi connectivity index (χ4v) is 5.70. The highest BCUT2D eigenvalue weighted by molar-refractivity contribution is 6.30. The number of nitrogens with one attached hydrogen (secondary N) is 1. The maximum Gasteiger partial charge on any atom is 0.326 e. The van der Waals surface area contributed by atoms with Gasteiger partial charge >= 0.3 is 6.03 Å². The highest BCUT2D eigenvalue weighted by Crippen LogP contribution is 2.45. The lowest BCUT2D eigenvalue weighted by atomic mass is 9.93. The third-order valence-electron chi connectivity index (χ3n) is 7.52. The van der Waals surface area contributed by atoms with Crippen molar-refractivity contribution in [2.75, 3.05) is 32.8 Å². The maximum atomic E-state index is 14.4. The summed E-state index contributed by atoms with van der Waals surface area (Å²) >= 11 is 12.5. The molecule has 210 valence electrons. The number of aliphatic imine (C=N–C) groups is 1. The Balaban J connectivity index is 1.62. The zero-order valence-corrected chi connectivity index (χ0v) is 24.5. The number of hydrogen-bond acceptors (Lipinski definition) is 4. The number of ether oxygens (including phenoxy) is 1. The predicted molar refractivity (Wildman–Crippen MR) is 163 cm³/mol. The molecule has 1 N–H and O–H groups in total. The maximum absolute atomic E-state index is 14.4. The number of nitrogens with zero attached hydrogens (tertiary/aromatic N) is 3. The highest BCUT2D eigenvalue weighted by Gasteiger charge is 2.44. The molecule has 1 fully saturated rings. The second-order valence-electron chi connectivity index (χ2n) is 10.5. The molecule has 1 saturated heterocycles. The number of amides is 2. The van der Waals surface area contributed by atoms with Crippen molar-refractivity contribution in [3.63, 3.8) is 0 Å². The van der Waals surface area contributed by atoms with Gasteiger partial charge in [-0.05, 0) is 59.9 Å². The van der Waals surface area contributed by atoms with E-state index in [1.54, 1.807) is 0 Å². The lowest BCUT2D eigenvalue weighted by molar-refractivity contribution is 0.157. The Morgan fingerprint density at radius 1 is 0.975 bits per heavy atom. The average Bonchev–Trinajstić information content (AvgIpc) is 3.37. The van der Waals surface area contributed by atoms with Crippen molar-refractivity contribution < 1.29 is 9.53 Å². The Morgan fingerprint density at radius 3 is 2.25 bits per heavy atom. The van der Waals surface area contributed by atoms with Gasteiger partial charge in [0.25, 0.3) is 0 Å². The van der Waals surface area contributed by atoms with E-state index in [4.69, 9.17) is 32.9 Å². The molecule has 6 nitrogen and oxygen atoms in total. The molecule has 2 aliphatic heterocycles. The SMILES string of the molecule is CCCC(C)COc1ccccc1C1=N[C@H](c2ccc(Cl)cc2)[C@H](c2ccc(Cl)cc2)N1C(=O)N1CCNCC1. The molecule has 0 radical (unpaired) electrons. The van der Waals surface area contributed by atoms with Gasteiger partial charge < -0.3 is 15.0 Å². The van der Waals surface area contributed by atoms with E-state index in [9.17, 15) is 4.79 Å². The van der Waals surface area contributed by atoms with Crippen LogP contribution in [0.1, 0.15) is 55.5 Å². The van der Waals surface area contributed by atoms with Crippen LogP contribution >= 0.6 is 23.2 Å². The summed E-state index contributed by atoms with van der Waals surface area (Å²) in [4.78, 5) is 23.4. The molecule has 3 atom stereocenters. The van der Waals surface area contributed by atoms with Crippen LogP contribution in [0.25, 0.3) is 0 Å². The summed E-state index contributed by atoms with van der Waals surface area (Å²) < 4.78 is 6.37. The highest BCUT2D eigenvalue weighted by atomic mass is 35.5. The van der Waals surface area contributed by atoms with Crippen molar-refractivity contribution in [3.05, 3.63) is 99.5 Å². The zero-order chi connectivity index (χ0) is 28.1. The van der Waals surface area contributed by atoms with Gasteiger partial charge in [0.15, 0.2) is 0 Å². The molecule has 2 amide bonds. The number of carbonyl (C=O) groups is 1. The van der Waals surface area contributed by atoms with Gasteiger partial charge in [-0.25, -0.2) is 4.79 Å². The smallest absolute Gasteiger partial charge is 0.326 e. The number of amidine groups is 1. The monoisotopic (exact) mass is 578 g/mol. The lowest BCUT2D eigenvalue weighted by Gasteiger charge is -2.36. The van der Waals surface area contributed by atoms with Crippen LogP contribution in [-0.2, 0) is 0 Å². The largest absolute Gasteiger partial charge is 0.493 e. The Labute approximate surface area is 246 Å².